The van der Waals surface area contributed by atoms with Crippen molar-refractivity contribution in [2.75, 3.05) is 6.61 Å². The molecule has 0 aromatic carbocycles. The van der Waals surface area contributed by atoms with Crippen molar-refractivity contribution in [2.24, 2.45) is 22.7 Å². The van der Waals surface area contributed by atoms with Gasteiger partial charge in [0, 0.05) is 18.4 Å². The number of alkyl halides is 2. The Bertz CT molecular complexity index is 504. The summed E-state index contributed by atoms with van der Waals surface area (Å²) in [5.41, 5.74) is 0.987. The third-order valence-corrected chi connectivity index (χ3v) is 8.71. The molecule has 0 aromatic heterocycles. The molecule has 2 nitrogen and oxygen atoms in total. The van der Waals surface area contributed by atoms with Crippen molar-refractivity contribution in [3.8, 4) is 0 Å². The summed E-state index contributed by atoms with van der Waals surface area (Å²) in [5, 5.41) is -0.222. The average Bonchev–Trinajstić information content (AvgIpc) is 2.46. The molecule has 2 saturated carbocycles. The summed E-state index contributed by atoms with van der Waals surface area (Å²) < 4.78 is 6.31. The highest BCUT2D eigenvalue weighted by molar-refractivity contribution is 6.69. The maximum absolute atomic E-state index is 11.3. The van der Waals surface area contributed by atoms with Crippen LogP contribution in [0.4, 0.5) is 0 Å². The Labute approximate surface area is 158 Å². The van der Waals surface area contributed by atoms with Crippen molar-refractivity contribution in [1.29, 1.82) is 0 Å². The maximum Gasteiger partial charge on any atom is 0.183 e. The molecule has 0 aliphatic heterocycles. The monoisotopic (exact) mass is 390 g/mol. The van der Waals surface area contributed by atoms with Gasteiger partial charge in [0.05, 0.1) is 10.8 Å². The van der Waals surface area contributed by atoms with Gasteiger partial charge in [-0.2, -0.15) is 0 Å². The number of carbonyl (C=O) groups excluding carboxylic acids is 1. The van der Waals surface area contributed by atoms with Crippen molar-refractivity contribution in [1.82, 2.24) is 0 Å². The summed E-state index contributed by atoms with van der Waals surface area (Å²) >= 11 is 13.6. The van der Waals surface area contributed by atoms with E-state index in [1.54, 1.807) is 0 Å². The molecule has 0 saturated heterocycles. The van der Waals surface area contributed by atoms with E-state index in [0.29, 0.717) is 18.9 Å². The van der Waals surface area contributed by atoms with Gasteiger partial charge in [-0.15, -0.1) is 23.2 Å². The van der Waals surface area contributed by atoms with Gasteiger partial charge in [-0.3, -0.25) is 0 Å². The molecule has 2 fully saturated rings. The van der Waals surface area contributed by atoms with Gasteiger partial charge in [-0.25, -0.2) is 0 Å². The fourth-order valence-electron chi connectivity index (χ4n) is 5.12. The van der Waals surface area contributed by atoms with E-state index in [2.05, 4.69) is 40.1 Å². The van der Waals surface area contributed by atoms with E-state index in [-0.39, 0.29) is 27.5 Å². The molecule has 0 unspecified atom stereocenters. The van der Waals surface area contributed by atoms with E-state index < -0.39 is 8.32 Å². The molecule has 2 rings (SSSR count). The number of fused-ring (bicyclic) bond motifs is 1. The van der Waals surface area contributed by atoms with Crippen molar-refractivity contribution >= 4 is 37.8 Å². The van der Waals surface area contributed by atoms with Crippen LogP contribution in [-0.2, 0) is 9.22 Å². The van der Waals surface area contributed by atoms with Gasteiger partial charge >= 0.3 is 0 Å². The second kappa shape index (κ2) is 7.06. The smallest absolute Gasteiger partial charge is 0.183 e. The predicted octanol–water partition coefficient (Wildman–Crippen LogP) is 5.64. The van der Waals surface area contributed by atoms with Gasteiger partial charge in [0.25, 0.3) is 0 Å². The van der Waals surface area contributed by atoms with E-state index in [9.17, 15) is 4.79 Å². The van der Waals surface area contributed by atoms with Gasteiger partial charge < -0.3 is 9.22 Å². The van der Waals surface area contributed by atoms with Crippen LogP contribution in [0, 0.1) is 22.7 Å². The van der Waals surface area contributed by atoms with E-state index in [1.807, 2.05) is 0 Å². The Morgan fingerprint density at radius 2 is 1.96 bits per heavy atom. The molecule has 0 radical (unpaired) electrons. The third-order valence-electron chi connectivity index (χ3n) is 6.37. The summed E-state index contributed by atoms with van der Waals surface area (Å²) in [7, 11) is -1.64. The molecular weight excluding hydrogens is 359 g/mol. The molecule has 0 spiro atoms. The fraction of sp³-hybridized carbons (Fsp3) is 0.842. The summed E-state index contributed by atoms with van der Waals surface area (Å²) in [5.74, 6) is 0.597. The number of halogens is 2. The Hall–Kier alpha value is 0.167. The molecule has 0 heterocycles. The topological polar surface area (TPSA) is 26.3 Å². The number of aldehydes is 1. The quantitative estimate of drug-likeness (QED) is 0.262. The number of carbonyl (C=O) groups is 1. The minimum atomic E-state index is -1.64. The summed E-state index contributed by atoms with van der Waals surface area (Å²) in [4.78, 5) is 11.3. The van der Waals surface area contributed by atoms with Crippen LogP contribution in [0.1, 0.15) is 39.5 Å². The maximum atomic E-state index is 11.3. The minimum Gasteiger partial charge on any atom is -0.417 e. The van der Waals surface area contributed by atoms with Gasteiger partial charge in [0.2, 0.25) is 0 Å². The predicted molar refractivity (Wildman–Crippen MR) is 105 cm³/mol. The zero-order valence-electron chi connectivity index (χ0n) is 15.7. The lowest BCUT2D eigenvalue weighted by Gasteiger charge is -2.61. The Morgan fingerprint density at radius 1 is 1.33 bits per heavy atom. The highest BCUT2D eigenvalue weighted by Crippen LogP contribution is 2.63. The molecule has 0 N–H and O–H groups in total. The van der Waals surface area contributed by atoms with Crippen LogP contribution in [0.3, 0.4) is 0 Å². The van der Waals surface area contributed by atoms with Crippen LogP contribution in [0.5, 0.6) is 0 Å². The first-order valence-electron chi connectivity index (χ1n) is 8.99. The van der Waals surface area contributed by atoms with Gasteiger partial charge in [0.15, 0.2) is 8.32 Å². The van der Waals surface area contributed by atoms with Crippen molar-refractivity contribution in [3.63, 3.8) is 0 Å². The van der Waals surface area contributed by atoms with Gasteiger partial charge in [-0.1, -0.05) is 26.0 Å². The van der Waals surface area contributed by atoms with Crippen LogP contribution in [0.15, 0.2) is 12.2 Å². The lowest BCUT2D eigenvalue weighted by molar-refractivity contribution is -0.113. The van der Waals surface area contributed by atoms with Gasteiger partial charge in [0.1, 0.15) is 6.29 Å². The normalized spacial score (nSPS) is 43.4. The van der Waals surface area contributed by atoms with Crippen LogP contribution in [0.25, 0.3) is 0 Å². The van der Waals surface area contributed by atoms with Crippen molar-refractivity contribution < 1.29 is 9.22 Å². The van der Waals surface area contributed by atoms with Crippen molar-refractivity contribution in [2.45, 2.75) is 69.9 Å². The van der Waals surface area contributed by atoms with E-state index in [0.717, 1.165) is 25.5 Å². The Balaban J connectivity index is 2.40. The minimum absolute atomic E-state index is 0.0361. The zero-order chi connectivity index (χ0) is 18.3. The largest absolute Gasteiger partial charge is 0.417 e. The second-order valence-corrected chi connectivity index (χ2v) is 14.8. The average molecular weight is 391 g/mol. The lowest BCUT2D eigenvalue weighted by atomic mass is 9.46. The standard InChI is InChI=1S/C19H32Cl2O2Si/c1-13-7-8-16-18(2,14(13)9-10-22)11-15(20)17(21)19(16,3)12-23-24(4,5)6/h10,14-17H,1,7-9,11-12H2,2-6H3/t14-,15+,16+,17-,18+,19-/m0/s1. The van der Waals surface area contributed by atoms with E-state index in [4.69, 9.17) is 27.6 Å². The molecule has 24 heavy (non-hydrogen) atoms. The van der Waals surface area contributed by atoms with E-state index in [1.165, 1.54) is 5.57 Å². The highest BCUT2D eigenvalue weighted by atomic mass is 35.5. The number of rotatable bonds is 5. The second-order valence-electron chi connectivity index (χ2n) is 9.24. The highest BCUT2D eigenvalue weighted by Gasteiger charge is 2.60. The molecule has 2 aliphatic rings. The number of allylic oxidation sites excluding steroid dienone is 1. The first-order chi connectivity index (χ1) is 11.0. The zero-order valence-corrected chi connectivity index (χ0v) is 18.2. The molecule has 5 heteroatoms. The van der Waals surface area contributed by atoms with Crippen LogP contribution >= 0.6 is 23.2 Å². The Morgan fingerprint density at radius 3 is 2.50 bits per heavy atom. The molecular formula is C19H32Cl2O2Si. The van der Waals surface area contributed by atoms with Crippen LogP contribution in [-0.4, -0.2) is 32.0 Å². The van der Waals surface area contributed by atoms with Crippen LogP contribution in [0.2, 0.25) is 19.6 Å². The first kappa shape index (κ1) is 20.5. The lowest BCUT2D eigenvalue weighted by Crippen LogP contribution is -2.60. The molecule has 6 atom stereocenters. The number of hydrogen-bond acceptors (Lipinski definition) is 2. The molecule has 0 bridgehead atoms. The third kappa shape index (κ3) is 3.65. The summed E-state index contributed by atoms with van der Waals surface area (Å²) in [6, 6.07) is 0. The van der Waals surface area contributed by atoms with Crippen LogP contribution < -0.4 is 0 Å². The molecule has 0 amide bonds. The number of hydrogen-bond donors (Lipinski definition) is 0. The Kier molecular flexibility index (Phi) is 6.02. The molecule has 138 valence electrons. The SMILES string of the molecule is C=C1CC[C@@H]2[C@](C)(C[C@@H](Cl)[C@H](Cl)[C@@]2(C)CO[Si](C)(C)C)[C@H]1CC=O. The fourth-order valence-corrected chi connectivity index (χ4v) is 6.79. The van der Waals surface area contributed by atoms with E-state index >= 15 is 0 Å². The first-order valence-corrected chi connectivity index (χ1v) is 13.3. The van der Waals surface area contributed by atoms with Crippen molar-refractivity contribution in [3.05, 3.63) is 12.2 Å². The molecule has 0 aromatic rings. The van der Waals surface area contributed by atoms with Gasteiger partial charge in [-0.05, 0) is 56.2 Å². The summed E-state index contributed by atoms with van der Waals surface area (Å²) in [6.45, 7) is 16.1. The summed E-state index contributed by atoms with van der Waals surface area (Å²) in [6.07, 6.45) is 4.44. The molecule has 2 aliphatic carbocycles.